The molecule has 76 valence electrons. The van der Waals surface area contributed by atoms with Gasteiger partial charge in [0, 0.05) is 0 Å². The van der Waals surface area contributed by atoms with E-state index in [1.807, 2.05) is 0 Å². The summed E-state index contributed by atoms with van der Waals surface area (Å²) in [7, 11) is 5.96. The van der Waals surface area contributed by atoms with Gasteiger partial charge in [-0.3, -0.25) is 0 Å². The van der Waals surface area contributed by atoms with E-state index in [2.05, 4.69) is 27.7 Å². The molecule has 0 aromatic heterocycles. The van der Waals surface area contributed by atoms with Crippen molar-refractivity contribution in [1.82, 2.24) is 0 Å². The van der Waals surface area contributed by atoms with Gasteiger partial charge in [-0.15, -0.1) is 0 Å². The zero-order valence-corrected chi connectivity index (χ0v) is 9.84. The average molecular weight is 180 g/mol. The van der Waals surface area contributed by atoms with E-state index in [4.69, 9.17) is 7.85 Å². The maximum atomic E-state index is 5.96. The lowest BCUT2D eigenvalue weighted by Crippen LogP contribution is -2.05. The summed E-state index contributed by atoms with van der Waals surface area (Å²) in [5.74, 6) is 2.13. The molecule has 2 unspecified atom stereocenters. The lowest BCUT2D eigenvalue weighted by molar-refractivity contribution is 0.381. The van der Waals surface area contributed by atoms with Crippen LogP contribution in [0.15, 0.2) is 0 Å². The van der Waals surface area contributed by atoms with Crippen LogP contribution in [-0.4, -0.2) is 7.85 Å². The standard InChI is InChI=1S/C12H25B/c1-5-11(8-7-10(3)4)9-12(13)6-2/h10-12H,5-9H2,1-4H3. The van der Waals surface area contributed by atoms with Gasteiger partial charge in [-0.2, -0.15) is 0 Å². The molecule has 1 heteroatoms. The summed E-state index contributed by atoms with van der Waals surface area (Å²) >= 11 is 0. The van der Waals surface area contributed by atoms with Crippen LogP contribution in [0, 0.1) is 11.8 Å². The molecule has 0 bridgehead atoms. The summed E-state index contributed by atoms with van der Waals surface area (Å²) in [6.07, 6.45) is 6.36. The summed E-state index contributed by atoms with van der Waals surface area (Å²) < 4.78 is 0. The molecule has 0 aromatic rings. The van der Waals surface area contributed by atoms with Gasteiger partial charge in [0.15, 0.2) is 0 Å². The summed E-state index contributed by atoms with van der Waals surface area (Å²) in [6.45, 7) is 9.06. The van der Waals surface area contributed by atoms with Gasteiger partial charge in [-0.05, 0) is 11.8 Å². The third kappa shape index (κ3) is 7.16. The van der Waals surface area contributed by atoms with E-state index in [0.29, 0.717) is 5.82 Å². The van der Waals surface area contributed by atoms with Gasteiger partial charge in [0.2, 0.25) is 0 Å². The van der Waals surface area contributed by atoms with E-state index in [0.717, 1.165) is 18.3 Å². The molecule has 0 saturated carbocycles. The second-order valence-corrected chi connectivity index (χ2v) is 4.65. The van der Waals surface area contributed by atoms with Gasteiger partial charge in [-0.1, -0.05) is 65.6 Å². The molecule has 0 aliphatic heterocycles. The van der Waals surface area contributed by atoms with Crippen LogP contribution in [0.2, 0.25) is 5.82 Å². The highest BCUT2D eigenvalue weighted by molar-refractivity contribution is 6.11. The monoisotopic (exact) mass is 180 g/mol. The molecule has 0 spiro atoms. The van der Waals surface area contributed by atoms with Crippen LogP contribution in [-0.2, 0) is 0 Å². The molecule has 0 fully saturated rings. The number of hydrogen-bond donors (Lipinski definition) is 0. The van der Waals surface area contributed by atoms with Crippen LogP contribution in [0.4, 0.5) is 0 Å². The van der Waals surface area contributed by atoms with Crippen molar-refractivity contribution < 1.29 is 0 Å². The summed E-state index contributed by atoms with van der Waals surface area (Å²) in [4.78, 5) is 0. The van der Waals surface area contributed by atoms with Gasteiger partial charge < -0.3 is 0 Å². The molecule has 13 heavy (non-hydrogen) atoms. The molecule has 0 aliphatic rings. The first-order valence-electron chi connectivity index (χ1n) is 5.85. The average Bonchev–Trinajstić information content (AvgIpc) is 2.11. The Morgan fingerprint density at radius 3 is 2.00 bits per heavy atom. The van der Waals surface area contributed by atoms with Crippen LogP contribution in [0.5, 0.6) is 0 Å². The summed E-state index contributed by atoms with van der Waals surface area (Å²) in [5.41, 5.74) is 0. The maximum absolute atomic E-state index is 5.96. The first kappa shape index (κ1) is 13.1. The normalized spacial score (nSPS) is 16.1. The zero-order valence-electron chi connectivity index (χ0n) is 9.84. The van der Waals surface area contributed by atoms with Crippen molar-refractivity contribution in [3.63, 3.8) is 0 Å². The van der Waals surface area contributed by atoms with Gasteiger partial charge in [0.05, 0.1) is 7.85 Å². The van der Waals surface area contributed by atoms with Crippen molar-refractivity contribution >= 4 is 7.85 Å². The smallest absolute Gasteiger partial charge is 0.0699 e. The van der Waals surface area contributed by atoms with Crippen molar-refractivity contribution in [1.29, 1.82) is 0 Å². The molecule has 2 atom stereocenters. The first-order chi connectivity index (χ1) is 6.10. The lowest BCUT2D eigenvalue weighted by Gasteiger charge is -2.19. The molecule has 0 nitrogen and oxygen atoms in total. The van der Waals surface area contributed by atoms with Gasteiger partial charge in [0.1, 0.15) is 0 Å². The first-order valence-corrected chi connectivity index (χ1v) is 5.85. The molecule has 0 aliphatic carbocycles. The molecule has 0 heterocycles. The Hall–Kier alpha value is 0.0649. The van der Waals surface area contributed by atoms with E-state index in [1.54, 1.807) is 0 Å². The Morgan fingerprint density at radius 2 is 1.62 bits per heavy atom. The summed E-state index contributed by atoms with van der Waals surface area (Å²) in [5, 5.41) is 0. The topological polar surface area (TPSA) is 0 Å². The Kier molecular flexibility index (Phi) is 7.50. The van der Waals surface area contributed by atoms with Crippen molar-refractivity contribution in [2.24, 2.45) is 11.8 Å². The lowest BCUT2D eigenvalue weighted by atomic mass is 9.76. The van der Waals surface area contributed by atoms with Gasteiger partial charge in [-0.25, -0.2) is 0 Å². The molecule has 0 aromatic carbocycles. The summed E-state index contributed by atoms with van der Waals surface area (Å²) in [6, 6.07) is 0. The van der Waals surface area contributed by atoms with Crippen LogP contribution >= 0.6 is 0 Å². The van der Waals surface area contributed by atoms with Gasteiger partial charge >= 0.3 is 0 Å². The van der Waals surface area contributed by atoms with E-state index in [9.17, 15) is 0 Å². The minimum absolute atomic E-state index is 0.428. The fourth-order valence-corrected chi connectivity index (χ4v) is 1.65. The highest BCUT2D eigenvalue weighted by Gasteiger charge is 2.10. The van der Waals surface area contributed by atoms with Crippen LogP contribution < -0.4 is 0 Å². The van der Waals surface area contributed by atoms with Crippen LogP contribution in [0.1, 0.15) is 59.8 Å². The largest absolute Gasteiger partial charge is 0.0774 e. The quantitative estimate of drug-likeness (QED) is 0.515. The van der Waals surface area contributed by atoms with Crippen molar-refractivity contribution in [3.05, 3.63) is 0 Å². The Morgan fingerprint density at radius 1 is 1.00 bits per heavy atom. The molecule has 0 N–H and O–H groups in total. The third-order valence-corrected chi connectivity index (χ3v) is 2.89. The molecular weight excluding hydrogens is 155 g/mol. The SMILES string of the molecule is [B]C(CC)CC(CC)CCC(C)C. The van der Waals surface area contributed by atoms with Crippen molar-refractivity contribution in [2.75, 3.05) is 0 Å². The zero-order chi connectivity index (χ0) is 10.3. The second kappa shape index (κ2) is 7.47. The van der Waals surface area contributed by atoms with Crippen LogP contribution in [0.25, 0.3) is 0 Å². The molecule has 0 rings (SSSR count). The fraction of sp³-hybridized carbons (Fsp3) is 1.00. The minimum atomic E-state index is 0.428. The highest BCUT2D eigenvalue weighted by atomic mass is 14.1. The van der Waals surface area contributed by atoms with Crippen LogP contribution in [0.3, 0.4) is 0 Å². The molecule has 0 saturated heterocycles. The molecule has 0 amide bonds. The Balaban J connectivity index is 3.62. The minimum Gasteiger partial charge on any atom is -0.0774 e. The van der Waals surface area contributed by atoms with E-state index >= 15 is 0 Å². The van der Waals surface area contributed by atoms with Crippen molar-refractivity contribution in [3.8, 4) is 0 Å². The third-order valence-electron chi connectivity index (χ3n) is 2.89. The van der Waals surface area contributed by atoms with E-state index < -0.39 is 0 Å². The maximum Gasteiger partial charge on any atom is 0.0699 e. The predicted octanol–water partition coefficient (Wildman–Crippen LogP) is 4.21. The second-order valence-electron chi connectivity index (χ2n) is 4.65. The van der Waals surface area contributed by atoms with Crippen molar-refractivity contribution in [2.45, 2.75) is 65.6 Å². The molecule has 2 radical (unpaired) electrons. The molecular formula is C12H25B. The van der Waals surface area contributed by atoms with Gasteiger partial charge in [0.25, 0.3) is 0 Å². The van der Waals surface area contributed by atoms with E-state index in [1.165, 1.54) is 25.7 Å². The highest BCUT2D eigenvalue weighted by Crippen LogP contribution is 2.25. The Bertz CT molecular complexity index is 110. The number of hydrogen-bond acceptors (Lipinski definition) is 0. The predicted molar refractivity (Wildman–Crippen MR) is 62.3 cm³/mol. The van der Waals surface area contributed by atoms with E-state index in [-0.39, 0.29) is 0 Å². The number of rotatable bonds is 7. The Labute approximate surface area is 85.9 Å². The fourth-order valence-electron chi connectivity index (χ4n) is 1.65.